The largest absolute Gasteiger partial charge is 0.329 e. The zero-order valence-corrected chi connectivity index (χ0v) is 12.7. The third kappa shape index (κ3) is 2.57. The highest BCUT2D eigenvalue weighted by Crippen LogP contribution is 2.46. The van der Waals surface area contributed by atoms with Crippen molar-refractivity contribution in [2.75, 3.05) is 39.8 Å². The van der Waals surface area contributed by atoms with Gasteiger partial charge in [-0.25, -0.2) is 0 Å². The summed E-state index contributed by atoms with van der Waals surface area (Å²) in [6.07, 6.45) is 11.6. The maximum atomic E-state index is 6.16. The molecular formula is C16H31N3. The van der Waals surface area contributed by atoms with Gasteiger partial charge in [0.05, 0.1) is 0 Å². The zero-order chi connectivity index (χ0) is 13.3. The quantitative estimate of drug-likeness (QED) is 0.829. The Bertz CT molecular complexity index is 301. The van der Waals surface area contributed by atoms with Gasteiger partial charge in [-0.15, -0.1) is 0 Å². The van der Waals surface area contributed by atoms with Crippen LogP contribution in [0.5, 0.6) is 0 Å². The molecule has 19 heavy (non-hydrogen) atoms. The molecule has 0 aromatic heterocycles. The Morgan fingerprint density at radius 3 is 2.11 bits per heavy atom. The molecule has 2 N–H and O–H groups in total. The van der Waals surface area contributed by atoms with Crippen LogP contribution in [0.25, 0.3) is 0 Å². The summed E-state index contributed by atoms with van der Waals surface area (Å²) in [5.41, 5.74) is 7.18. The minimum Gasteiger partial charge on any atom is -0.329 e. The van der Waals surface area contributed by atoms with Crippen LogP contribution in [0, 0.1) is 5.41 Å². The molecule has 0 amide bonds. The maximum Gasteiger partial charge on any atom is 0.0470 e. The summed E-state index contributed by atoms with van der Waals surface area (Å²) in [5, 5.41) is 0. The number of nitrogens with zero attached hydrogens (tertiary/aromatic N) is 2. The van der Waals surface area contributed by atoms with Crippen molar-refractivity contribution in [3.05, 3.63) is 0 Å². The molecule has 1 spiro atoms. The van der Waals surface area contributed by atoms with Gasteiger partial charge in [0.15, 0.2) is 0 Å². The Morgan fingerprint density at radius 2 is 1.58 bits per heavy atom. The van der Waals surface area contributed by atoms with Crippen LogP contribution in [0.2, 0.25) is 0 Å². The van der Waals surface area contributed by atoms with E-state index in [1.54, 1.807) is 0 Å². The van der Waals surface area contributed by atoms with Gasteiger partial charge in [0.2, 0.25) is 0 Å². The normalized spacial score (nSPS) is 36.9. The van der Waals surface area contributed by atoms with Gasteiger partial charge in [-0.3, -0.25) is 4.90 Å². The number of rotatable bonds is 2. The van der Waals surface area contributed by atoms with Crippen molar-refractivity contribution in [2.45, 2.75) is 56.9 Å². The molecule has 3 nitrogen and oxygen atoms in total. The van der Waals surface area contributed by atoms with Gasteiger partial charge in [-0.1, -0.05) is 19.3 Å². The van der Waals surface area contributed by atoms with Crippen LogP contribution < -0.4 is 5.73 Å². The van der Waals surface area contributed by atoms with Gasteiger partial charge in [-0.2, -0.15) is 0 Å². The number of nitrogens with two attached hydrogens (primary N) is 1. The van der Waals surface area contributed by atoms with E-state index >= 15 is 0 Å². The maximum absolute atomic E-state index is 6.16. The fourth-order valence-corrected chi connectivity index (χ4v) is 4.87. The van der Waals surface area contributed by atoms with Crippen molar-refractivity contribution < 1.29 is 0 Å². The van der Waals surface area contributed by atoms with Crippen LogP contribution in [-0.2, 0) is 0 Å². The summed E-state index contributed by atoms with van der Waals surface area (Å²) in [7, 11) is 2.24. The first kappa shape index (κ1) is 13.8. The molecule has 0 radical (unpaired) electrons. The standard InChI is InChI=1S/C16H31N3/c1-18-10-9-16(13-17,14-18)19-11-7-15(8-12-19)5-3-2-4-6-15/h2-14,17H2,1H3. The van der Waals surface area contributed by atoms with Crippen molar-refractivity contribution >= 4 is 0 Å². The molecule has 0 aromatic carbocycles. The van der Waals surface area contributed by atoms with Crippen molar-refractivity contribution in [3.8, 4) is 0 Å². The van der Waals surface area contributed by atoms with Gasteiger partial charge in [0, 0.05) is 18.6 Å². The second kappa shape index (κ2) is 5.34. The van der Waals surface area contributed by atoms with E-state index < -0.39 is 0 Å². The van der Waals surface area contributed by atoms with Crippen LogP contribution in [-0.4, -0.2) is 55.1 Å². The molecule has 110 valence electrons. The second-order valence-corrected chi connectivity index (χ2v) is 7.46. The molecule has 1 saturated carbocycles. The minimum atomic E-state index is 0.297. The molecular weight excluding hydrogens is 234 g/mol. The van der Waals surface area contributed by atoms with E-state index in [4.69, 9.17) is 5.73 Å². The summed E-state index contributed by atoms with van der Waals surface area (Å²) < 4.78 is 0. The fraction of sp³-hybridized carbons (Fsp3) is 1.00. The Balaban J connectivity index is 1.63. The number of hydrogen-bond acceptors (Lipinski definition) is 3. The van der Waals surface area contributed by atoms with Crippen molar-refractivity contribution in [2.24, 2.45) is 11.1 Å². The number of hydrogen-bond donors (Lipinski definition) is 1. The molecule has 2 saturated heterocycles. The monoisotopic (exact) mass is 265 g/mol. The van der Waals surface area contributed by atoms with Crippen LogP contribution in [0.1, 0.15) is 51.4 Å². The molecule has 0 aromatic rings. The Morgan fingerprint density at radius 1 is 0.895 bits per heavy atom. The van der Waals surface area contributed by atoms with Gasteiger partial charge < -0.3 is 10.6 Å². The molecule has 1 aliphatic carbocycles. The highest BCUT2D eigenvalue weighted by atomic mass is 15.3. The third-order valence-corrected chi connectivity index (χ3v) is 6.31. The summed E-state index contributed by atoms with van der Waals surface area (Å²) in [6, 6.07) is 0. The Labute approximate surface area is 118 Å². The molecule has 1 unspecified atom stereocenters. The van der Waals surface area contributed by atoms with E-state index in [0.29, 0.717) is 5.54 Å². The third-order valence-electron chi connectivity index (χ3n) is 6.31. The predicted octanol–water partition coefficient (Wildman–Crippen LogP) is 2.07. The summed E-state index contributed by atoms with van der Waals surface area (Å²) in [6.45, 7) is 5.83. The lowest BCUT2D eigenvalue weighted by atomic mass is 9.67. The summed E-state index contributed by atoms with van der Waals surface area (Å²) >= 11 is 0. The van der Waals surface area contributed by atoms with Crippen LogP contribution in [0.3, 0.4) is 0 Å². The van der Waals surface area contributed by atoms with Gasteiger partial charge in [0.25, 0.3) is 0 Å². The summed E-state index contributed by atoms with van der Waals surface area (Å²) in [4.78, 5) is 5.20. The van der Waals surface area contributed by atoms with Gasteiger partial charge >= 0.3 is 0 Å². The first-order valence-electron chi connectivity index (χ1n) is 8.32. The lowest BCUT2D eigenvalue weighted by molar-refractivity contribution is 0.00835. The van der Waals surface area contributed by atoms with Crippen LogP contribution >= 0.6 is 0 Å². The SMILES string of the molecule is CN1CCC(CN)(N2CCC3(CCCCC3)CC2)C1. The second-order valence-electron chi connectivity index (χ2n) is 7.46. The van der Waals surface area contributed by atoms with Gasteiger partial charge in [-0.05, 0) is 64.2 Å². The molecule has 1 atom stereocenters. The average molecular weight is 265 g/mol. The van der Waals surface area contributed by atoms with E-state index in [-0.39, 0.29) is 0 Å². The topological polar surface area (TPSA) is 32.5 Å². The smallest absolute Gasteiger partial charge is 0.0470 e. The lowest BCUT2D eigenvalue weighted by Crippen LogP contribution is -2.59. The lowest BCUT2D eigenvalue weighted by Gasteiger charge is -2.50. The van der Waals surface area contributed by atoms with Crippen molar-refractivity contribution in [1.29, 1.82) is 0 Å². The number of likely N-dealkylation sites (N-methyl/N-ethyl adjacent to an activating group) is 1. The van der Waals surface area contributed by atoms with Crippen molar-refractivity contribution in [1.82, 2.24) is 9.80 Å². The molecule has 2 aliphatic heterocycles. The van der Waals surface area contributed by atoms with Gasteiger partial charge in [0.1, 0.15) is 0 Å². The van der Waals surface area contributed by atoms with E-state index in [2.05, 4.69) is 16.8 Å². The van der Waals surface area contributed by atoms with Crippen LogP contribution in [0.4, 0.5) is 0 Å². The van der Waals surface area contributed by atoms with Crippen molar-refractivity contribution in [3.63, 3.8) is 0 Å². The van der Waals surface area contributed by atoms with E-state index in [0.717, 1.165) is 12.0 Å². The minimum absolute atomic E-state index is 0.297. The predicted molar refractivity (Wildman–Crippen MR) is 80.2 cm³/mol. The Kier molecular flexibility index (Phi) is 3.89. The zero-order valence-electron chi connectivity index (χ0n) is 12.7. The first-order valence-corrected chi connectivity index (χ1v) is 8.32. The fourth-order valence-electron chi connectivity index (χ4n) is 4.87. The highest BCUT2D eigenvalue weighted by Gasteiger charge is 2.45. The highest BCUT2D eigenvalue weighted by molar-refractivity contribution is 5.02. The number of likely N-dealkylation sites (tertiary alicyclic amines) is 2. The van der Waals surface area contributed by atoms with E-state index in [1.807, 2.05) is 0 Å². The molecule has 3 aliphatic rings. The molecule has 3 fully saturated rings. The van der Waals surface area contributed by atoms with E-state index in [9.17, 15) is 0 Å². The molecule has 3 heteroatoms. The number of piperidine rings is 1. The first-order chi connectivity index (χ1) is 9.18. The average Bonchev–Trinajstić information content (AvgIpc) is 2.83. The van der Waals surface area contributed by atoms with E-state index in [1.165, 1.54) is 77.5 Å². The Hall–Kier alpha value is -0.120. The molecule has 3 rings (SSSR count). The van der Waals surface area contributed by atoms with Crippen LogP contribution in [0.15, 0.2) is 0 Å². The molecule has 2 heterocycles. The molecule has 0 bridgehead atoms. The summed E-state index contributed by atoms with van der Waals surface area (Å²) in [5.74, 6) is 0.